The second kappa shape index (κ2) is 3.45. The van der Waals surface area contributed by atoms with E-state index >= 15 is 0 Å². The SMILES string of the molecule is Fc1ccc(-c2ccno2)c2ccccc12. The summed E-state index contributed by atoms with van der Waals surface area (Å²) < 4.78 is 18.7. The number of nitrogens with zero attached hydrogens (tertiary/aromatic N) is 1. The first-order chi connectivity index (χ1) is 7.86. The van der Waals surface area contributed by atoms with E-state index in [2.05, 4.69) is 5.16 Å². The van der Waals surface area contributed by atoms with Crippen LogP contribution in [0.2, 0.25) is 0 Å². The van der Waals surface area contributed by atoms with Crippen LogP contribution in [0.25, 0.3) is 22.1 Å². The fourth-order valence-corrected chi connectivity index (χ4v) is 1.83. The summed E-state index contributed by atoms with van der Waals surface area (Å²) in [6.45, 7) is 0. The first-order valence-electron chi connectivity index (χ1n) is 4.94. The molecule has 0 bridgehead atoms. The van der Waals surface area contributed by atoms with Crippen LogP contribution in [0, 0.1) is 5.82 Å². The molecule has 0 aliphatic heterocycles. The summed E-state index contributed by atoms with van der Waals surface area (Å²) in [4.78, 5) is 0. The summed E-state index contributed by atoms with van der Waals surface area (Å²) in [6, 6.07) is 12.2. The largest absolute Gasteiger partial charge is 0.356 e. The average molecular weight is 213 g/mol. The Morgan fingerprint density at radius 2 is 1.75 bits per heavy atom. The fourth-order valence-electron chi connectivity index (χ4n) is 1.83. The van der Waals surface area contributed by atoms with Crippen molar-refractivity contribution in [3.63, 3.8) is 0 Å². The molecule has 0 N–H and O–H groups in total. The van der Waals surface area contributed by atoms with Crippen LogP contribution in [0.5, 0.6) is 0 Å². The molecule has 1 aromatic heterocycles. The van der Waals surface area contributed by atoms with E-state index in [0.29, 0.717) is 11.1 Å². The molecule has 0 aliphatic carbocycles. The van der Waals surface area contributed by atoms with Crippen molar-refractivity contribution < 1.29 is 8.91 Å². The number of hydrogen-bond donors (Lipinski definition) is 0. The normalized spacial score (nSPS) is 10.8. The third-order valence-corrected chi connectivity index (χ3v) is 2.57. The van der Waals surface area contributed by atoms with Crippen LogP contribution >= 0.6 is 0 Å². The fraction of sp³-hybridized carbons (Fsp3) is 0. The lowest BCUT2D eigenvalue weighted by atomic mass is 10.0. The second-order valence-corrected chi connectivity index (χ2v) is 3.52. The van der Waals surface area contributed by atoms with E-state index in [4.69, 9.17) is 4.52 Å². The summed E-state index contributed by atoms with van der Waals surface area (Å²) in [5, 5.41) is 5.09. The molecule has 0 fully saturated rings. The number of hydrogen-bond acceptors (Lipinski definition) is 2. The third kappa shape index (κ3) is 1.29. The van der Waals surface area contributed by atoms with Gasteiger partial charge in [-0.15, -0.1) is 0 Å². The Labute approximate surface area is 91.3 Å². The van der Waals surface area contributed by atoms with Crippen molar-refractivity contribution in [1.82, 2.24) is 5.16 Å². The minimum Gasteiger partial charge on any atom is -0.356 e. The van der Waals surface area contributed by atoms with Crippen molar-refractivity contribution in [3.8, 4) is 11.3 Å². The molecule has 2 nitrogen and oxygen atoms in total. The van der Waals surface area contributed by atoms with Crippen LogP contribution < -0.4 is 0 Å². The molecule has 0 unspecified atom stereocenters. The molecule has 3 aromatic rings. The van der Waals surface area contributed by atoms with E-state index in [-0.39, 0.29) is 5.82 Å². The molecule has 0 spiro atoms. The Bertz CT molecular complexity index is 631. The van der Waals surface area contributed by atoms with Crippen molar-refractivity contribution in [1.29, 1.82) is 0 Å². The van der Waals surface area contributed by atoms with Gasteiger partial charge in [0.25, 0.3) is 0 Å². The smallest absolute Gasteiger partial charge is 0.167 e. The number of fused-ring (bicyclic) bond motifs is 1. The lowest BCUT2D eigenvalue weighted by Crippen LogP contribution is -1.83. The van der Waals surface area contributed by atoms with Gasteiger partial charge in [-0.25, -0.2) is 4.39 Å². The van der Waals surface area contributed by atoms with E-state index in [1.807, 2.05) is 18.2 Å². The van der Waals surface area contributed by atoms with Crippen LogP contribution in [0.4, 0.5) is 4.39 Å². The molecule has 0 saturated carbocycles. The predicted molar refractivity (Wildman–Crippen MR) is 59.4 cm³/mol. The Balaban J connectivity index is 2.39. The third-order valence-electron chi connectivity index (χ3n) is 2.57. The molecular weight excluding hydrogens is 205 g/mol. The molecule has 0 atom stereocenters. The van der Waals surface area contributed by atoms with Crippen LogP contribution in [-0.4, -0.2) is 5.16 Å². The minimum absolute atomic E-state index is 0.223. The van der Waals surface area contributed by atoms with Gasteiger partial charge in [-0.3, -0.25) is 0 Å². The van der Waals surface area contributed by atoms with Crippen LogP contribution in [0.3, 0.4) is 0 Å². The maximum atomic E-state index is 13.6. The molecule has 0 amide bonds. The molecule has 78 valence electrons. The quantitative estimate of drug-likeness (QED) is 0.616. The molecule has 0 aliphatic rings. The average Bonchev–Trinajstić information content (AvgIpc) is 2.83. The van der Waals surface area contributed by atoms with Gasteiger partial charge in [0.2, 0.25) is 0 Å². The van der Waals surface area contributed by atoms with Gasteiger partial charge in [0.05, 0.1) is 6.20 Å². The van der Waals surface area contributed by atoms with Gasteiger partial charge in [-0.1, -0.05) is 29.4 Å². The first-order valence-corrected chi connectivity index (χ1v) is 4.94. The van der Waals surface area contributed by atoms with Crippen molar-refractivity contribution in [2.45, 2.75) is 0 Å². The van der Waals surface area contributed by atoms with Crippen LogP contribution in [0.15, 0.2) is 53.2 Å². The van der Waals surface area contributed by atoms with Crippen molar-refractivity contribution in [2.75, 3.05) is 0 Å². The van der Waals surface area contributed by atoms with Gasteiger partial charge in [0, 0.05) is 17.0 Å². The number of benzene rings is 2. The minimum atomic E-state index is -0.223. The summed E-state index contributed by atoms with van der Waals surface area (Å²) in [6.07, 6.45) is 1.58. The Hall–Kier alpha value is -2.16. The van der Waals surface area contributed by atoms with E-state index in [9.17, 15) is 4.39 Å². The highest BCUT2D eigenvalue weighted by Crippen LogP contribution is 2.29. The lowest BCUT2D eigenvalue weighted by molar-refractivity contribution is 0.432. The van der Waals surface area contributed by atoms with Gasteiger partial charge >= 0.3 is 0 Å². The monoisotopic (exact) mass is 213 g/mol. The molecule has 1 heterocycles. The maximum Gasteiger partial charge on any atom is 0.167 e. The molecule has 3 heteroatoms. The van der Waals surface area contributed by atoms with E-state index in [0.717, 1.165) is 10.9 Å². The molecular formula is C13H8FNO. The van der Waals surface area contributed by atoms with Gasteiger partial charge in [0.1, 0.15) is 5.82 Å². The van der Waals surface area contributed by atoms with Gasteiger partial charge in [0.15, 0.2) is 5.76 Å². The summed E-state index contributed by atoms with van der Waals surface area (Å²) in [7, 11) is 0. The van der Waals surface area contributed by atoms with Gasteiger partial charge in [-0.2, -0.15) is 0 Å². The molecule has 3 rings (SSSR count). The highest BCUT2D eigenvalue weighted by molar-refractivity contribution is 5.95. The topological polar surface area (TPSA) is 26.0 Å². The lowest BCUT2D eigenvalue weighted by Gasteiger charge is -2.03. The molecule has 0 radical (unpaired) electrons. The van der Waals surface area contributed by atoms with Gasteiger partial charge < -0.3 is 4.52 Å². The highest BCUT2D eigenvalue weighted by Gasteiger charge is 2.09. The van der Waals surface area contributed by atoms with Crippen LogP contribution in [0.1, 0.15) is 0 Å². The molecule has 0 saturated heterocycles. The van der Waals surface area contributed by atoms with E-state index in [1.165, 1.54) is 6.07 Å². The molecule has 2 aromatic carbocycles. The van der Waals surface area contributed by atoms with Gasteiger partial charge in [-0.05, 0) is 17.5 Å². The Morgan fingerprint density at radius 1 is 0.938 bits per heavy atom. The Morgan fingerprint density at radius 3 is 2.50 bits per heavy atom. The zero-order valence-corrected chi connectivity index (χ0v) is 8.35. The number of aromatic nitrogens is 1. The molecule has 16 heavy (non-hydrogen) atoms. The number of halogens is 1. The summed E-state index contributed by atoms with van der Waals surface area (Å²) in [5.74, 6) is 0.426. The highest BCUT2D eigenvalue weighted by atomic mass is 19.1. The predicted octanol–water partition coefficient (Wildman–Crippen LogP) is 3.63. The Kier molecular flexibility index (Phi) is 1.96. The first kappa shape index (κ1) is 9.09. The maximum absolute atomic E-state index is 13.6. The van der Waals surface area contributed by atoms with Crippen molar-refractivity contribution >= 4 is 10.8 Å². The second-order valence-electron chi connectivity index (χ2n) is 3.52. The van der Waals surface area contributed by atoms with E-state index in [1.54, 1.807) is 24.4 Å². The summed E-state index contributed by atoms with van der Waals surface area (Å²) in [5.41, 5.74) is 0.856. The standard InChI is InChI=1S/C13H8FNO/c14-12-6-5-11(13-7-8-15-16-13)9-3-1-2-4-10(9)12/h1-8H. The zero-order valence-electron chi connectivity index (χ0n) is 8.35. The van der Waals surface area contributed by atoms with Crippen molar-refractivity contribution in [3.05, 3.63) is 54.5 Å². The summed E-state index contributed by atoms with van der Waals surface area (Å²) >= 11 is 0. The van der Waals surface area contributed by atoms with E-state index < -0.39 is 0 Å². The zero-order chi connectivity index (χ0) is 11.0. The van der Waals surface area contributed by atoms with Crippen molar-refractivity contribution in [2.24, 2.45) is 0 Å². The van der Waals surface area contributed by atoms with Crippen LogP contribution in [-0.2, 0) is 0 Å². The number of rotatable bonds is 1.